The van der Waals surface area contributed by atoms with E-state index in [1.54, 1.807) is 0 Å². The number of carbonyl (C=O) groups is 3. The van der Waals surface area contributed by atoms with Gasteiger partial charge in [0.2, 0.25) is 0 Å². The van der Waals surface area contributed by atoms with E-state index in [1.165, 1.54) is 18.1 Å². The lowest BCUT2D eigenvalue weighted by Gasteiger charge is -2.31. The summed E-state index contributed by atoms with van der Waals surface area (Å²) in [5, 5.41) is 3.07. The Hall–Kier alpha value is -2.51. The summed E-state index contributed by atoms with van der Waals surface area (Å²) in [6.07, 6.45) is 4.69. The highest BCUT2D eigenvalue weighted by atomic mass is 16.6. The fourth-order valence-electron chi connectivity index (χ4n) is 6.03. The van der Waals surface area contributed by atoms with Gasteiger partial charge in [0.25, 0.3) is 0 Å². The predicted molar refractivity (Wildman–Crippen MR) is 153 cm³/mol. The minimum Gasteiger partial charge on any atom is -0.444 e. The molecule has 1 amide bonds. The first-order valence-corrected chi connectivity index (χ1v) is 14.5. The fourth-order valence-corrected chi connectivity index (χ4v) is 6.03. The molecule has 0 saturated carbocycles. The minimum atomic E-state index is -0.586. The van der Waals surface area contributed by atoms with E-state index in [1.807, 2.05) is 27.7 Å². The maximum atomic E-state index is 13.6. The monoisotopic (exact) mass is 540 g/mol. The van der Waals surface area contributed by atoms with Gasteiger partial charge in [0.1, 0.15) is 5.60 Å². The number of Topliss-reactive ketones (excluding diaryl/α,β-unsaturated/α-hetero) is 2. The average molecular weight is 541 g/mol. The molecule has 4 atom stereocenters. The minimum absolute atomic E-state index is 0.0442. The zero-order chi connectivity index (χ0) is 28.7. The van der Waals surface area contributed by atoms with Crippen LogP contribution in [0.3, 0.4) is 0 Å². The van der Waals surface area contributed by atoms with Gasteiger partial charge >= 0.3 is 6.09 Å². The van der Waals surface area contributed by atoms with Crippen molar-refractivity contribution in [2.45, 2.75) is 97.8 Å². The molecule has 216 valence electrons. The molecule has 2 aliphatic rings. The number of allylic oxidation sites excluding steroid dienone is 1. The van der Waals surface area contributed by atoms with E-state index in [2.05, 4.69) is 48.0 Å². The van der Waals surface area contributed by atoms with Crippen molar-refractivity contribution in [2.24, 2.45) is 17.8 Å². The van der Waals surface area contributed by atoms with Crippen LogP contribution in [0.25, 0.3) is 0 Å². The van der Waals surface area contributed by atoms with Gasteiger partial charge in [0, 0.05) is 12.5 Å². The molecule has 1 heterocycles. The van der Waals surface area contributed by atoms with Crippen LogP contribution in [-0.2, 0) is 31.9 Å². The van der Waals surface area contributed by atoms with Crippen molar-refractivity contribution >= 4 is 17.7 Å². The van der Waals surface area contributed by atoms with Gasteiger partial charge in [-0.1, -0.05) is 51.1 Å². The van der Waals surface area contributed by atoms with Crippen molar-refractivity contribution in [3.8, 4) is 0 Å². The van der Waals surface area contributed by atoms with Crippen LogP contribution in [0.4, 0.5) is 4.79 Å². The second-order valence-corrected chi connectivity index (χ2v) is 12.3. The smallest absolute Gasteiger partial charge is 0.407 e. The normalized spacial score (nSPS) is 20.2. The van der Waals surface area contributed by atoms with Gasteiger partial charge in [-0.05, 0) is 88.3 Å². The number of ketones is 2. The summed E-state index contributed by atoms with van der Waals surface area (Å²) in [7, 11) is 0. The second kappa shape index (κ2) is 13.7. The highest BCUT2D eigenvalue weighted by Gasteiger charge is 2.38. The molecule has 1 fully saturated rings. The van der Waals surface area contributed by atoms with Crippen molar-refractivity contribution in [2.75, 3.05) is 19.9 Å². The second-order valence-electron chi connectivity index (χ2n) is 12.3. The van der Waals surface area contributed by atoms with E-state index in [9.17, 15) is 14.4 Å². The number of fused-ring (bicyclic) bond motifs is 1. The van der Waals surface area contributed by atoms with Gasteiger partial charge in [-0.2, -0.15) is 0 Å². The Morgan fingerprint density at radius 3 is 2.36 bits per heavy atom. The largest absolute Gasteiger partial charge is 0.444 e. The van der Waals surface area contributed by atoms with Gasteiger partial charge in [-0.25, -0.2) is 4.79 Å². The number of ether oxygens (including phenoxy) is 2. The molecule has 3 rings (SSSR count). The van der Waals surface area contributed by atoms with Crippen molar-refractivity contribution in [1.82, 2.24) is 10.2 Å². The zero-order valence-electron chi connectivity index (χ0n) is 24.8. The lowest BCUT2D eigenvalue weighted by molar-refractivity contribution is -0.130. The quantitative estimate of drug-likeness (QED) is 0.333. The molecule has 0 aromatic heterocycles. The number of alkyl carbamates (subject to hydrolysis) is 1. The number of rotatable bonds is 13. The molecule has 0 bridgehead atoms. The van der Waals surface area contributed by atoms with Crippen molar-refractivity contribution in [3.63, 3.8) is 0 Å². The third-order valence-corrected chi connectivity index (χ3v) is 8.15. The van der Waals surface area contributed by atoms with E-state index in [0.29, 0.717) is 18.9 Å². The number of amides is 1. The Bertz CT molecular complexity index is 1000. The predicted octanol–water partition coefficient (Wildman–Crippen LogP) is 5.50. The molecular formula is C32H48N2O5. The number of benzene rings is 1. The van der Waals surface area contributed by atoms with Crippen LogP contribution in [0.5, 0.6) is 0 Å². The van der Waals surface area contributed by atoms with Crippen LogP contribution in [0.1, 0.15) is 78.4 Å². The Morgan fingerprint density at radius 2 is 1.79 bits per heavy atom. The first kappa shape index (κ1) is 31.0. The number of carbonyl (C=O) groups excluding carboxylic acids is 3. The standard InChI is InChI=1S/C32H48N2O5/c1-8-12-27(21(2)23(4)35)22(3)30(36)29-15-11-16-34(29)20-38-19-28(33-31(37)39-32(5,6)7)26-17-24-13-9-10-14-25(24)18-26/h9-10,13-14,22,26-29H,2,8,11-12,15-20H2,1,3-7H3,(H,33,37). The molecular weight excluding hydrogens is 492 g/mol. The van der Waals surface area contributed by atoms with E-state index in [4.69, 9.17) is 9.47 Å². The number of nitrogens with zero attached hydrogens (tertiary/aromatic N) is 1. The molecule has 7 heteroatoms. The van der Waals surface area contributed by atoms with Crippen LogP contribution >= 0.6 is 0 Å². The highest BCUT2D eigenvalue weighted by molar-refractivity contribution is 5.95. The average Bonchev–Trinajstić information content (AvgIpc) is 3.51. The molecule has 0 radical (unpaired) electrons. The molecule has 7 nitrogen and oxygen atoms in total. The van der Waals surface area contributed by atoms with Crippen molar-refractivity contribution in [3.05, 3.63) is 47.5 Å². The van der Waals surface area contributed by atoms with E-state index in [0.717, 1.165) is 45.1 Å². The molecule has 0 spiro atoms. The number of nitrogens with one attached hydrogen (secondary N) is 1. The highest BCUT2D eigenvalue weighted by Crippen LogP contribution is 2.31. The lowest BCUT2D eigenvalue weighted by atomic mass is 9.78. The van der Waals surface area contributed by atoms with E-state index < -0.39 is 11.7 Å². The molecule has 1 aromatic carbocycles. The van der Waals surface area contributed by atoms with Crippen LogP contribution in [0.2, 0.25) is 0 Å². The summed E-state index contributed by atoms with van der Waals surface area (Å²) in [6.45, 7) is 16.5. The van der Waals surface area contributed by atoms with Crippen LogP contribution < -0.4 is 5.32 Å². The van der Waals surface area contributed by atoms with E-state index >= 15 is 0 Å². The first-order valence-electron chi connectivity index (χ1n) is 14.5. The van der Waals surface area contributed by atoms with E-state index in [-0.39, 0.29) is 41.4 Å². The van der Waals surface area contributed by atoms with Gasteiger partial charge in [-0.3, -0.25) is 14.5 Å². The van der Waals surface area contributed by atoms with Crippen LogP contribution in [0, 0.1) is 17.8 Å². The Kier molecular flexibility index (Phi) is 10.9. The van der Waals surface area contributed by atoms with Crippen LogP contribution in [0.15, 0.2) is 36.4 Å². The summed E-state index contributed by atoms with van der Waals surface area (Å²) in [4.78, 5) is 40.4. The molecule has 1 aliphatic carbocycles. The third-order valence-electron chi connectivity index (χ3n) is 8.15. The Morgan fingerprint density at radius 1 is 1.15 bits per heavy atom. The third kappa shape index (κ3) is 8.49. The Labute approximate surface area is 234 Å². The molecule has 1 N–H and O–H groups in total. The SMILES string of the molecule is C=C(C(C)=O)C(CCC)C(C)C(=O)C1CCCN1COCC(NC(=O)OC(C)(C)C)C1Cc2ccccc2C1. The number of hydrogen-bond acceptors (Lipinski definition) is 6. The summed E-state index contributed by atoms with van der Waals surface area (Å²) in [5.74, 6) is -0.0810. The Balaban J connectivity index is 1.63. The zero-order valence-corrected chi connectivity index (χ0v) is 24.8. The van der Waals surface area contributed by atoms with Crippen molar-refractivity contribution in [1.29, 1.82) is 0 Å². The fraction of sp³-hybridized carbons (Fsp3) is 0.656. The maximum absolute atomic E-state index is 13.6. The summed E-state index contributed by atoms with van der Waals surface area (Å²) < 4.78 is 11.8. The molecule has 4 unspecified atom stereocenters. The maximum Gasteiger partial charge on any atom is 0.407 e. The number of likely N-dealkylation sites (tertiary alicyclic amines) is 1. The van der Waals surface area contributed by atoms with Crippen LogP contribution in [-0.4, -0.2) is 60.1 Å². The first-order chi connectivity index (χ1) is 18.4. The molecule has 1 aliphatic heterocycles. The summed E-state index contributed by atoms with van der Waals surface area (Å²) in [6, 6.07) is 7.96. The van der Waals surface area contributed by atoms with Gasteiger partial charge in [0.05, 0.1) is 25.4 Å². The summed E-state index contributed by atoms with van der Waals surface area (Å²) >= 11 is 0. The van der Waals surface area contributed by atoms with Gasteiger partial charge in [0.15, 0.2) is 11.6 Å². The molecule has 1 aromatic rings. The van der Waals surface area contributed by atoms with Crippen molar-refractivity contribution < 1.29 is 23.9 Å². The molecule has 1 saturated heterocycles. The summed E-state index contributed by atoms with van der Waals surface area (Å²) in [5.41, 5.74) is 2.59. The lowest BCUT2D eigenvalue weighted by Crippen LogP contribution is -2.47. The number of hydrogen-bond donors (Lipinski definition) is 1. The van der Waals surface area contributed by atoms with Gasteiger partial charge in [-0.15, -0.1) is 0 Å². The molecule has 39 heavy (non-hydrogen) atoms. The van der Waals surface area contributed by atoms with Gasteiger partial charge < -0.3 is 14.8 Å². The topological polar surface area (TPSA) is 84.9 Å².